The van der Waals surface area contributed by atoms with E-state index < -0.39 is 11.6 Å². The Morgan fingerprint density at radius 2 is 1.74 bits per heavy atom. The lowest BCUT2D eigenvalue weighted by Gasteiger charge is -2.15. The van der Waals surface area contributed by atoms with Gasteiger partial charge in [0, 0.05) is 12.6 Å². The van der Waals surface area contributed by atoms with Crippen molar-refractivity contribution in [3.05, 3.63) is 65.2 Å². The lowest BCUT2D eigenvalue weighted by Crippen LogP contribution is -2.11. The van der Waals surface area contributed by atoms with Gasteiger partial charge in [0.25, 0.3) is 0 Å². The highest BCUT2D eigenvalue weighted by molar-refractivity contribution is 5.47. The van der Waals surface area contributed by atoms with Gasteiger partial charge in [-0.15, -0.1) is 0 Å². The predicted octanol–water partition coefficient (Wildman–Crippen LogP) is 4.49. The molecule has 0 spiro atoms. The first-order valence-corrected chi connectivity index (χ1v) is 6.32. The Kier molecular flexibility index (Phi) is 4.15. The van der Waals surface area contributed by atoms with E-state index in [2.05, 4.69) is 5.32 Å². The van der Waals surface area contributed by atoms with Crippen molar-refractivity contribution >= 4 is 5.69 Å². The zero-order valence-electron chi connectivity index (χ0n) is 11.1. The zero-order valence-corrected chi connectivity index (χ0v) is 11.1. The van der Waals surface area contributed by atoms with Crippen LogP contribution >= 0.6 is 0 Å². The number of rotatable bonds is 4. The summed E-state index contributed by atoms with van der Waals surface area (Å²) in [4.78, 5) is 0. The maximum Gasteiger partial charge on any atom is 0.146 e. The van der Waals surface area contributed by atoms with E-state index in [0.29, 0.717) is 12.1 Å². The summed E-state index contributed by atoms with van der Waals surface area (Å²) in [6.07, 6.45) is 0. The minimum absolute atomic E-state index is 0.214. The Balaban J connectivity index is 2.05. The molecule has 1 unspecified atom stereocenters. The van der Waals surface area contributed by atoms with Crippen LogP contribution < -0.4 is 5.32 Å². The van der Waals surface area contributed by atoms with Gasteiger partial charge in [-0.3, -0.25) is 0 Å². The molecule has 19 heavy (non-hydrogen) atoms. The van der Waals surface area contributed by atoms with E-state index in [1.165, 1.54) is 17.7 Å². The molecule has 0 aliphatic heterocycles. The summed E-state index contributed by atoms with van der Waals surface area (Å²) in [5, 5.41) is 2.96. The second-order valence-electron chi connectivity index (χ2n) is 4.77. The molecule has 0 radical (unpaired) electrons. The number of anilines is 1. The average Bonchev–Trinajstić information content (AvgIpc) is 2.42. The fourth-order valence-electron chi connectivity index (χ4n) is 1.94. The van der Waals surface area contributed by atoms with E-state index in [4.69, 9.17) is 0 Å². The molecule has 0 fully saturated rings. The van der Waals surface area contributed by atoms with Crippen LogP contribution in [0.4, 0.5) is 14.5 Å². The largest absolute Gasteiger partial charge is 0.382 e. The molecule has 2 aromatic carbocycles. The Hall–Kier alpha value is -1.90. The summed E-state index contributed by atoms with van der Waals surface area (Å²) in [6, 6.07) is 12.4. The second-order valence-corrected chi connectivity index (χ2v) is 4.77. The lowest BCUT2D eigenvalue weighted by molar-refractivity contribution is 0.593. The fourth-order valence-corrected chi connectivity index (χ4v) is 1.94. The Morgan fingerprint density at radius 3 is 2.42 bits per heavy atom. The molecular formula is C16H17F2N. The molecule has 2 rings (SSSR count). The Bertz CT molecular complexity index is 552. The van der Waals surface area contributed by atoms with Gasteiger partial charge in [-0.25, -0.2) is 8.78 Å². The van der Waals surface area contributed by atoms with Crippen LogP contribution in [0.25, 0.3) is 0 Å². The van der Waals surface area contributed by atoms with E-state index in [1.807, 2.05) is 37.3 Å². The number of aryl methyl sites for hydroxylation is 1. The lowest BCUT2D eigenvalue weighted by atomic mass is 10.0. The molecule has 0 saturated carbocycles. The van der Waals surface area contributed by atoms with Crippen molar-refractivity contribution in [3.8, 4) is 0 Å². The molecule has 0 aliphatic carbocycles. The highest BCUT2D eigenvalue weighted by Crippen LogP contribution is 2.21. The van der Waals surface area contributed by atoms with Gasteiger partial charge >= 0.3 is 0 Å². The third-order valence-corrected chi connectivity index (χ3v) is 3.22. The van der Waals surface area contributed by atoms with Crippen molar-refractivity contribution in [1.82, 2.24) is 0 Å². The first-order chi connectivity index (χ1) is 9.08. The van der Waals surface area contributed by atoms with Crippen molar-refractivity contribution < 1.29 is 8.78 Å². The molecule has 0 bridgehead atoms. The van der Waals surface area contributed by atoms with Crippen LogP contribution in [0, 0.1) is 18.6 Å². The van der Waals surface area contributed by atoms with E-state index in [-0.39, 0.29) is 11.6 Å². The summed E-state index contributed by atoms with van der Waals surface area (Å²) in [7, 11) is 0. The predicted molar refractivity (Wildman–Crippen MR) is 74.4 cm³/mol. The zero-order chi connectivity index (χ0) is 13.8. The van der Waals surface area contributed by atoms with Gasteiger partial charge in [-0.1, -0.05) is 37.3 Å². The summed E-state index contributed by atoms with van der Waals surface area (Å²) < 4.78 is 27.1. The van der Waals surface area contributed by atoms with Crippen molar-refractivity contribution in [2.24, 2.45) is 0 Å². The van der Waals surface area contributed by atoms with Crippen LogP contribution in [-0.4, -0.2) is 6.54 Å². The topological polar surface area (TPSA) is 12.0 Å². The summed E-state index contributed by atoms with van der Waals surface area (Å²) in [5.74, 6) is -0.583. The minimum atomic E-state index is -0.417. The van der Waals surface area contributed by atoms with Gasteiger partial charge in [0.2, 0.25) is 0 Å². The maximum atomic E-state index is 13.7. The summed E-state index contributed by atoms with van der Waals surface area (Å²) in [5.41, 5.74) is 1.70. The van der Waals surface area contributed by atoms with E-state index in [0.717, 1.165) is 0 Å². The normalized spacial score (nSPS) is 12.2. The van der Waals surface area contributed by atoms with Crippen molar-refractivity contribution in [3.63, 3.8) is 0 Å². The molecule has 1 atom stereocenters. The molecule has 1 N–H and O–H groups in total. The molecule has 0 aromatic heterocycles. The number of benzene rings is 2. The van der Waals surface area contributed by atoms with Crippen molar-refractivity contribution in [2.45, 2.75) is 19.8 Å². The van der Waals surface area contributed by atoms with Gasteiger partial charge in [-0.2, -0.15) is 0 Å². The SMILES string of the molecule is Cc1cc(F)c(NCC(C)c2ccccc2)cc1F. The van der Waals surface area contributed by atoms with E-state index in [1.54, 1.807) is 6.92 Å². The highest BCUT2D eigenvalue weighted by atomic mass is 19.1. The van der Waals surface area contributed by atoms with Crippen LogP contribution in [-0.2, 0) is 0 Å². The van der Waals surface area contributed by atoms with Crippen LogP contribution in [0.1, 0.15) is 24.0 Å². The van der Waals surface area contributed by atoms with Crippen LogP contribution in [0.3, 0.4) is 0 Å². The third kappa shape index (κ3) is 3.31. The van der Waals surface area contributed by atoms with Gasteiger partial charge in [0.1, 0.15) is 11.6 Å². The molecule has 0 saturated heterocycles. The quantitative estimate of drug-likeness (QED) is 0.855. The first-order valence-electron chi connectivity index (χ1n) is 6.32. The monoisotopic (exact) mass is 261 g/mol. The first kappa shape index (κ1) is 13.5. The summed E-state index contributed by atoms with van der Waals surface area (Å²) in [6.45, 7) is 4.16. The molecule has 1 nitrogen and oxygen atoms in total. The van der Waals surface area contributed by atoms with E-state index >= 15 is 0 Å². The van der Waals surface area contributed by atoms with Crippen molar-refractivity contribution in [2.75, 3.05) is 11.9 Å². The molecule has 0 aliphatic rings. The second kappa shape index (κ2) is 5.83. The summed E-state index contributed by atoms with van der Waals surface area (Å²) >= 11 is 0. The smallest absolute Gasteiger partial charge is 0.146 e. The van der Waals surface area contributed by atoms with Gasteiger partial charge in [0.15, 0.2) is 0 Å². The standard InChI is InChI=1S/C16H17F2N/c1-11-8-15(18)16(9-14(11)17)19-10-12(2)13-6-4-3-5-7-13/h3-9,12,19H,10H2,1-2H3. The Labute approximate surface area is 112 Å². The molecule has 2 aromatic rings. The van der Waals surface area contributed by atoms with Crippen LogP contribution in [0.2, 0.25) is 0 Å². The molecule has 3 heteroatoms. The molecular weight excluding hydrogens is 244 g/mol. The maximum absolute atomic E-state index is 13.7. The van der Waals surface area contributed by atoms with Gasteiger partial charge in [-0.05, 0) is 30.0 Å². The van der Waals surface area contributed by atoms with Crippen molar-refractivity contribution in [1.29, 1.82) is 0 Å². The third-order valence-electron chi connectivity index (χ3n) is 3.22. The number of hydrogen-bond donors (Lipinski definition) is 1. The molecule has 100 valence electrons. The minimum Gasteiger partial charge on any atom is -0.382 e. The highest BCUT2D eigenvalue weighted by Gasteiger charge is 2.09. The molecule has 0 amide bonds. The number of halogens is 2. The van der Waals surface area contributed by atoms with Crippen LogP contribution in [0.15, 0.2) is 42.5 Å². The fraction of sp³-hybridized carbons (Fsp3) is 0.250. The van der Waals surface area contributed by atoms with Gasteiger partial charge < -0.3 is 5.32 Å². The van der Waals surface area contributed by atoms with Crippen LogP contribution in [0.5, 0.6) is 0 Å². The molecule has 0 heterocycles. The average molecular weight is 261 g/mol. The number of nitrogens with one attached hydrogen (secondary N) is 1. The Morgan fingerprint density at radius 1 is 1.05 bits per heavy atom. The van der Waals surface area contributed by atoms with E-state index in [9.17, 15) is 8.78 Å². The number of hydrogen-bond acceptors (Lipinski definition) is 1. The van der Waals surface area contributed by atoms with Gasteiger partial charge in [0.05, 0.1) is 5.69 Å².